The molecule has 1 aliphatic rings. The molecule has 0 aromatic heterocycles. The Morgan fingerprint density at radius 1 is 1.18 bits per heavy atom. The molecule has 5 nitrogen and oxygen atoms in total. The molecule has 0 spiro atoms. The summed E-state index contributed by atoms with van der Waals surface area (Å²) >= 11 is 0. The number of nitrogens with one attached hydrogen (secondary N) is 2. The van der Waals surface area contributed by atoms with Crippen LogP contribution >= 0.6 is 0 Å². The zero-order valence-corrected chi connectivity index (χ0v) is 15.2. The molecule has 0 bridgehead atoms. The van der Waals surface area contributed by atoms with Crippen molar-refractivity contribution >= 4 is 5.96 Å². The Morgan fingerprint density at radius 2 is 1.86 bits per heavy atom. The summed E-state index contributed by atoms with van der Waals surface area (Å²) in [5, 5.41) is 6.76. The summed E-state index contributed by atoms with van der Waals surface area (Å²) in [6, 6.07) is 0. The van der Waals surface area contributed by atoms with E-state index < -0.39 is 0 Å². The first-order chi connectivity index (χ1) is 10.5. The number of methoxy groups -OCH3 is 1. The van der Waals surface area contributed by atoms with E-state index in [1.165, 1.54) is 32.4 Å². The molecule has 0 amide bonds. The number of hydrogen-bond donors (Lipinski definition) is 2. The molecule has 0 saturated carbocycles. The maximum atomic E-state index is 5.57. The van der Waals surface area contributed by atoms with Crippen LogP contribution in [0.15, 0.2) is 4.99 Å². The van der Waals surface area contributed by atoms with Gasteiger partial charge in [-0.25, -0.2) is 0 Å². The largest absolute Gasteiger partial charge is 0.379 e. The second-order valence-corrected chi connectivity index (χ2v) is 7.14. The van der Waals surface area contributed by atoms with Crippen molar-refractivity contribution in [2.45, 2.75) is 53.1 Å². The normalized spacial score (nSPS) is 19.0. The number of guanidine groups is 1. The van der Waals surface area contributed by atoms with Crippen molar-refractivity contribution < 1.29 is 4.74 Å². The maximum Gasteiger partial charge on any atom is 0.191 e. The number of likely N-dealkylation sites (tertiary alicyclic amines) is 1. The fraction of sp³-hybridized carbons (Fsp3) is 0.941. The summed E-state index contributed by atoms with van der Waals surface area (Å²) < 4.78 is 5.57. The lowest BCUT2D eigenvalue weighted by molar-refractivity contribution is 0.0241. The van der Waals surface area contributed by atoms with Gasteiger partial charge in [-0.05, 0) is 38.3 Å². The highest BCUT2D eigenvalue weighted by molar-refractivity contribution is 5.79. The second kappa shape index (κ2) is 10.1. The third-order valence-electron chi connectivity index (χ3n) is 4.18. The molecule has 1 heterocycles. The van der Waals surface area contributed by atoms with Gasteiger partial charge in [-0.2, -0.15) is 0 Å². The van der Waals surface area contributed by atoms with Gasteiger partial charge in [0.25, 0.3) is 0 Å². The molecule has 0 aromatic carbocycles. The molecular formula is C17H36N4O. The summed E-state index contributed by atoms with van der Waals surface area (Å²) in [6.07, 6.45) is 4.20. The number of aliphatic imine (C=N–C) groups is 1. The van der Waals surface area contributed by atoms with Crippen LogP contribution in [0, 0.1) is 5.41 Å². The van der Waals surface area contributed by atoms with Gasteiger partial charge in [0.15, 0.2) is 5.96 Å². The smallest absolute Gasteiger partial charge is 0.191 e. The third kappa shape index (κ3) is 7.45. The van der Waals surface area contributed by atoms with E-state index >= 15 is 0 Å². The Kier molecular flexibility index (Phi) is 8.79. The van der Waals surface area contributed by atoms with E-state index in [0.29, 0.717) is 6.54 Å². The number of hydrogen-bond acceptors (Lipinski definition) is 3. The van der Waals surface area contributed by atoms with Gasteiger partial charge in [-0.1, -0.05) is 27.2 Å². The van der Waals surface area contributed by atoms with E-state index in [1.807, 2.05) is 0 Å². The minimum atomic E-state index is 0.101. The maximum absolute atomic E-state index is 5.57. The van der Waals surface area contributed by atoms with Gasteiger partial charge >= 0.3 is 0 Å². The van der Waals surface area contributed by atoms with Crippen LogP contribution in [0.4, 0.5) is 0 Å². The molecule has 130 valence electrons. The van der Waals surface area contributed by atoms with Crippen LogP contribution in [0.25, 0.3) is 0 Å². The Labute approximate surface area is 136 Å². The minimum Gasteiger partial charge on any atom is -0.379 e. The van der Waals surface area contributed by atoms with E-state index in [4.69, 9.17) is 4.74 Å². The van der Waals surface area contributed by atoms with Crippen LogP contribution < -0.4 is 10.6 Å². The van der Waals surface area contributed by atoms with Crippen molar-refractivity contribution in [1.29, 1.82) is 0 Å². The Morgan fingerprint density at radius 3 is 2.41 bits per heavy atom. The number of nitrogens with zero attached hydrogens (tertiary/aromatic N) is 2. The molecule has 0 aromatic rings. The van der Waals surface area contributed by atoms with Gasteiger partial charge in [-0.15, -0.1) is 0 Å². The lowest BCUT2D eigenvalue weighted by atomic mass is 9.89. The summed E-state index contributed by atoms with van der Waals surface area (Å²) in [5.41, 5.74) is 0.101. The van der Waals surface area contributed by atoms with E-state index in [-0.39, 0.29) is 11.5 Å². The quantitative estimate of drug-likeness (QED) is 0.558. The van der Waals surface area contributed by atoms with Crippen LogP contribution in [0.3, 0.4) is 0 Å². The van der Waals surface area contributed by atoms with Crippen LogP contribution in [-0.2, 0) is 4.74 Å². The molecule has 1 unspecified atom stereocenters. The van der Waals surface area contributed by atoms with Gasteiger partial charge in [-0.3, -0.25) is 4.99 Å². The van der Waals surface area contributed by atoms with E-state index in [9.17, 15) is 0 Å². The standard InChI is InChI=1S/C17H36N4O/c1-6-18-16(20-14-15(22-5)17(2,3)4)19-10-13-21-11-8-7-9-12-21/h15H,6-14H2,1-5H3,(H2,18,19,20). The lowest BCUT2D eigenvalue weighted by Gasteiger charge is -2.28. The molecule has 1 aliphatic heterocycles. The van der Waals surface area contributed by atoms with Gasteiger partial charge in [0, 0.05) is 26.7 Å². The first-order valence-corrected chi connectivity index (χ1v) is 8.74. The zero-order valence-electron chi connectivity index (χ0n) is 15.2. The first kappa shape index (κ1) is 19.2. The molecule has 2 N–H and O–H groups in total. The first-order valence-electron chi connectivity index (χ1n) is 8.74. The molecule has 1 saturated heterocycles. The van der Waals surface area contributed by atoms with Crippen molar-refractivity contribution in [3.63, 3.8) is 0 Å². The highest BCUT2D eigenvalue weighted by Gasteiger charge is 2.24. The molecule has 0 radical (unpaired) electrons. The van der Waals surface area contributed by atoms with Crippen molar-refractivity contribution in [3.8, 4) is 0 Å². The van der Waals surface area contributed by atoms with Gasteiger partial charge in [0.05, 0.1) is 12.6 Å². The molecule has 1 atom stereocenters. The highest BCUT2D eigenvalue weighted by atomic mass is 16.5. The molecule has 5 heteroatoms. The van der Waals surface area contributed by atoms with Gasteiger partial charge in [0.1, 0.15) is 0 Å². The molecule has 0 aliphatic carbocycles. The third-order valence-corrected chi connectivity index (χ3v) is 4.18. The SMILES string of the molecule is CCNC(=NCC(OC)C(C)(C)C)NCCN1CCCCC1. The number of ether oxygens (including phenoxy) is 1. The average Bonchev–Trinajstić information content (AvgIpc) is 2.47. The molecular weight excluding hydrogens is 276 g/mol. The topological polar surface area (TPSA) is 48.9 Å². The monoisotopic (exact) mass is 312 g/mol. The molecule has 22 heavy (non-hydrogen) atoms. The van der Waals surface area contributed by atoms with Crippen molar-refractivity contribution in [3.05, 3.63) is 0 Å². The summed E-state index contributed by atoms with van der Waals surface area (Å²) in [5.74, 6) is 0.894. The summed E-state index contributed by atoms with van der Waals surface area (Å²) in [7, 11) is 1.77. The van der Waals surface area contributed by atoms with Crippen molar-refractivity contribution in [2.75, 3.05) is 46.4 Å². The van der Waals surface area contributed by atoms with Crippen LogP contribution in [0.1, 0.15) is 47.0 Å². The molecule has 1 fully saturated rings. The average molecular weight is 313 g/mol. The van der Waals surface area contributed by atoms with E-state index in [0.717, 1.165) is 25.6 Å². The second-order valence-electron chi connectivity index (χ2n) is 7.14. The fourth-order valence-electron chi connectivity index (χ4n) is 2.73. The molecule has 1 rings (SSSR count). The summed E-state index contributed by atoms with van der Waals surface area (Å²) in [4.78, 5) is 7.22. The minimum absolute atomic E-state index is 0.101. The zero-order chi connectivity index (χ0) is 16.4. The van der Waals surface area contributed by atoms with Crippen molar-refractivity contribution in [1.82, 2.24) is 15.5 Å². The van der Waals surface area contributed by atoms with Crippen LogP contribution in [-0.4, -0.2) is 63.3 Å². The number of rotatable bonds is 7. The predicted molar refractivity (Wildman–Crippen MR) is 94.5 cm³/mol. The fourth-order valence-corrected chi connectivity index (χ4v) is 2.73. The van der Waals surface area contributed by atoms with Crippen LogP contribution in [0.5, 0.6) is 0 Å². The Balaban J connectivity index is 2.40. The van der Waals surface area contributed by atoms with Gasteiger partial charge < -0.3 is 20.3 Å². The lowest BCUT2D eigenvalue weighted by Crippen LogP contribution is -2.43. The van der Waals surface area contributed by atoms with E-state index in [1.54, 1.807) is 7.11 Å². The van der Waals surface area contributed by atoms with E-state index in [2.05, 4.69) is 48.2 Å². The summed E-state index contributed by atoms with van der Waals surface area (Å²) in [6.45, 7) is 14.7. The predicted octanol–water partition coefficient (Wildman–Crippen LogP) is 2.09. The number of piperidine rings is 1. The Bertz CT molecular complexity index is 319. The highest BCUT2D eigenvalue weighted by Crippen LogP contribution is 2.21. The van der Waals surface area contributed by atoms with Crippen molar-refractivity contribution in [2.24, 2.45) is 10.4 Å². The van der Waals surface area contributed by atoms with Gasteiger partial charge in [0.2, 0.25) is 0 Å². The van der Waals surface area contributed by atoms with Crippen LogP contribution in [0.2, 0.25) is 0 Å². The Hall–Kier alpha value is -0.810.